The molecule has 0 saturated heterocycles. The summed E-state index contributed by atoms with van der Waals surface area (Å²) in [7, 11) is 0. The maximum atomic E-state index is 12.2. The fourth-order valence-electron chi connectivity index (χ4n) is 1.99. The maximum absolute atomic E-state index is 12.2. The second-order valence-electron chi connectivity index (χ2n) is 5.35. The normalized spacial score (nSPS) is 12.2. The van der Waals surface area contributed by atoms with Crippen molar-refractivity contribution >= 4 is 5.91 Å². The van der Waals surface area contributed by atoms with Gasteiger partial charge in [-0.15, -0.1) is 0 Å². The van der Waals surface area contributed by atoms with Gasteiger partial charge in [-0.3, -0.25) is 4.79 Å². The molecule has 19 heavy (non-hydrogen) atoms. The number of nitrogens with zero attached hydrogens (tertiary/aromatic N) is 1. The average molecular weight is 262 g/mol. The van der Waals surface area contributed by atoms with Crippen molar-refractivity contribution in [2.24, 2.45) is 11.7 Å². The minimum atomic E-state index is 0.209. The lowest BCUT2D eigenvalue weighted by molar-refractivity contribution is -0.132. The molecular formula is C16H26N2O. The van der Waals surface area contributed by atoms with E-state index in [1.165, 1.54) is 11.1 Å². The lowest BCUT2D eigenvalue weighted by atomic mass is 10.1. The Bertz CT molecular complexity index is 386. The summed E-state index contributed by atoms with van der Waals surface area (Å²) in [6.07, 6.45) is 1.52. The standard InChI is InChI=1S/C16H26N2O/c1-4-9-18(16(19)10-14(3)11-17)12-15-7-5-13(2)6-8-15/h5-8,14H,4,9-12,17H2,1-3H3. The van der Waals surface area contributed by atoms with E-state index in [4.69, 9.17) is 5.73 Å². The van der Waals surface area contributed by atoms with Gasteiger partial charge >= 0.3 is 0 Å². The number of nitrogens with two attached hydrogens (primary N) is 1. The van der Waals surface area contributed by atoms with Crippen LogP contribution in [0.15, 0.2) is 24.3 Å². The van der Waals surface area contributed by atoms with Crippen LogP contribution < -0.4 is 5.73 Å². The number of carbonyl (C=O) groups excluding carboxylic acids is 1. The van der Waals surface area contributed by atoms with Crippen LogP contribution in [0.3, 0.4) is 0 Å². The molecule has 0 aliphatic rings. The van der Waals surface area contributed by atoms with E-state index in [9.17, 15) is 4.79 Å². The zero-order valence-electron chi connectivity index (χ0n) is 12.4. The van der Waals surface area contributed by atoms with Gasteiger partial charge in [0.2, 0.25) is 5.91 Å². The Balaban J connectivity index is 2.66. The fourth-order valence-corrected chi connectivity index (χ4v) is 1.99. The summed E-state index contributed by atoms with van der Waals surface area (Å²) < 4.78 is 0. The third kappa shape index (κ3) is 5.43. The number of aryl methyl sites for hydroxylation is 1. The molecule has 3 heteroatoms. The summed E-state index contributed by atoms with van der Waals surface area (Å²) >= 11 is 0. The van der Waals surface area contributed by atoms with Gasteiger partial charge in [-0.2, -0.15) is 0 Å². The van der Waals surface area contributed by atoms with E-state index in [-0.39, 0.29) is 11.8 Å². The summed E-state index contributed by atoms with van der Waals surface area (Å²) in [4.78, 5) is 14.2. The van der Waals surface area contributed by atoms with Gasteiger partial charge in [0.15, 0.2) is 0 Å². The van der Waals surface area contributed by atoms with Crippen molar-refractivity contribution in [2.45, 2.75) is 40.2 Å². The molecule has 1 aromatic carbocycles. The largest absolute Gasteiger partial charge is 0.338 e. The van der Waals surface area contributed by atoms with Gasteiger partial charge in [0.1, 0.15) is 0 Å². The molecule has 0 aliphatic heterocycles. The molecule has 0 bridgehead atoms. The van der Waals surface area contributed by atoms with Crippen molar-refractivity contribution in [2.75, 3.05) is 13.1 Å². The number of hydrogen-bond donors (Lipinski definition) is 1. The molecule has 1 aromatic rings. The van der Waals surface area contributed by atoms with Crippen LogP contribution in [0.2, 0.25) is 0 Å². The van der Waals surface area contributed by atoms with E-state index < -0.39 is 0 Å². The molecule has 1 atom stereocenters. The molecule has 3 nitrogen and oxygen atoms in total. The van der Waals surface area contributed by atoms with Crippen molar-refractivity contribution in [3.8, 4) is 0 Å². The van der Waals surface area contributed by atoms with Gasteiger partial charge in [-0.25, -0.2) is 0 Å². The summed E-state index contributed by atoms with van der Waals surface area (Å²) in [5.41, 5.74) is 8.03. The third-order valence-corrected chi connectivity index (χ3v) is 3.27. The topological polar surface area (TPSA) is 46.3 Å². The zero-order chi connectivity index (χ0) is 14.3. The second-order valence-corrected chi connectivity index (χ2v) is 5.35. The number of hydrogen-bond acceptors (Lipinski definition) is 2. The van der Waals surface area contributed by atoms with E-state index in [0.717, 1.165) is 13.0 Å². The number of amides is 1. The van der Waals surface area contributed by atoms with Gasteiger partial charge in [0, 0.05) is 19.5 Å². The highest BCUT2D eigenvalue weighted by atomic mass is 16.2. The Morgan fingerprint density at radius 3 is 2.47 bits per heavy atom. The molecule has 0 radical (unpaired) electrons. The predicted octanol–water partition coefficient (Wildman–Crippen LogP) is 2.72. The van der Waals surface area contributed by atoms with Crippen molar-refractivity contribution in [3.63, 3.8) is 0 Å². The number of rotatable bonds is 7. The monoisotopic (exact) mass is 262 g/mol. The molecule has 0 fully saturated rings. The van der Waals surface area contributed by atoms with Gasteiger partial charge in [-0.05, 0) is 31.4 Å². The molecule has 0 spiro atoms. The Hall–Kier alpha value is -1.35. The van der Waals surface area contributed by atoms with Crippen LogP contribution in [0.4, 0.5) is 0 Å². The summed E-state index contributed by atoms with van der Waals surface area (Å²) in [6.45, 7) is 8.27. The molecule has 1 amide bonds. The molecular weight excluding hydrogens is 236 g/mol. The molecule has 106 valence electrons. The molecule has 2 N–H and O–H groups in total. The highest BCUT2D eigenvalue weighted by Gasteiger charge is 2.15. The maximum Gasteiger partial charge on any atom is 0.223 e. The van der Waals surface area contributed by atoms with E-state index in [0.29, 0.717) is 19.5 Å². The first-order chi connectivity index (χ1) is 9.06. The van der Waals surface area contributed by atoms with Crippen LogP contribution in [0.25, 0.3) is 0 Å². The average Bonchev–Trinajstić information content (AvgIpc) is 2.40. The third-order valence-electron chi connectivity index (χ3n) is 3.27. The smallest absolute Gasteiger partial charge is 0.223 e. The van der Waals surface area contributed by atoms with Gasteiger partial charge < -0.3 is 10.6 Å². The van der Waals surface area contributed by atoms with Crippen molar-refractivity contribution < 1.29 is 4.79 Å². The van der Waals surface area contributed by atoms with Crippen molar-refractivity contribution in [1.82, 2.24) is 4.90 Å². The lowest BCUT2D eigenvalue weighted by Gasteiger charge is -2.23. The molecule has 0 aromatic heterocycles. The minimum Gasteiger partial charge on any atom is -0.338 e. The van der Waals surface area contributed by atoms with Crippen LogP contribution in [0.5, 0.6) is 0 Å². The predicted molar refractivity (Wildman–Crippen MR) is 79.7 cm³/mol. The van der Waals surface area contributed by atoms with E-state index >= 15 is 0 Å². The first-order valence-corrected chi connectivity index (χ1v) is 7.10. The van der Waals surface area contributed by atoms with Crippen LogP contribution >= 0.6 is 0 Å². The SMILES string of the molecule is CCCN(Cc1ccc(C)cc1)C(=O)CC(C)CN. The van der Waals surface area contributed by atoms with Crippen LogP contribution in [0, 0.1) is 12.8 Å². The van der Waals surface area contributed by atoms with Gasteiger partial charge in [-0.1, -0.05) is 43.7 Å². The van der Waals surface area contributed by atoms with Crippen LogP contribution in [-0.4, -0.2) is 23.9 Å². The first-order valence-electron chi connectivity index (χ1n) is 7.10. The van der Waals surface area contributed by atoms with Gasteiger partial charge in [0.25, 0.3) is 0 Å². The van der Waals surface area contributed by atoms with E-state index in [2.05, 4.69) is 38.1 Å². The molecule has 0 heterocycles. The summed E-state index contributed by atoms with van der Waals surface area (Å²) in [6, 6.07) is 8.37. The van der Waals surface area contributed by atoms with E-state index in [1.807, 2.05) is 11.8 Å². The fraction of sp³-hybridized carbons (Fsp3) is 0.562. The molecule has 0 saturated carbocycles. The highest BCUT2D eigenvalue weighted by Crippen LogP contribution is 2.11. The highest BCUT2D eigenvalue weighted by molar-refractivity contribution is 5.76. The second kappa shape index (κ2) is 7.95. The Labute approximate surface area is 116 Å². The first kappa shape index (κ1) is 15.7. The number of benzene rings is 1. The van der Waals surface area contributed by atoms with E-state index in [1.54, 1.807) is 0 Å². The molecule has 1 unspecified atom stereocenters. The Kier molecular flexibility index (Phi) is 6.57. The van der Waals surface area contributed by atoms with Crippen LogP contribution in [0.1, 0.15) is 37.8 Å². The minimum absolute atomic E-state index is 0.209. The Morgan fingerprint density at radius 1 is 1.32 bits per heavy atom. The van der Waals surface area contributed by atoms with Crippen LogP contribution in [-0.2, 0) is 11.3 Å². The molecule has 1 rings (SSSR count). The zero-order valence-corrected chi connectivity index (χ0v) is 12.4. The quantitative estimate of drug-likeness (QED) is 0.821. The summed E-state index contributed by atoms with van der Waals surface area (Å²) in [5, 5.41) is 0. The Morgan fingerprint density at radius 2 is 1.95 bits per heavy atom. The van der Waals surface area contributed by atoms with Gasteiger partial charge in [0.05, 0.1) is 0 Å². The number of carbonyl (C=O) groups is 1. The van der Waals surface area contributed by atoms with Crippen molar-refractivity contribution in [3.05, 3.63) is 35.4 Å². The summed E-state index contributed by atoms with van der Waals surface area (Å²) in [5.74, 6) is 0.463. The lowest BCUT2D eigenvalue weighted by Crippen LogP contribution is -2.33. The van der Waals surface area contributed by atoms with Crippen molar-refractivity contribution in [1.29, 1.82) is 0 Å². The molecule has 0 aliphatic carbocycles.